The molecular weight excluding hydrogens is 371 g/mol. The number of nitrogens with zero attached hydrogens (tertiary/aromatic N) is 2. The minimum atomic E-state index is -4.65. The Morgan fingerprint density at radius 3 is 2.65 bits per heavy atom. The molecule has 0 saturated heterocycles. The highest BCUT2D eigenvalue weighted by molar-refractivity contribution is 7.84. The molecule has 0 aliphatic carbocycles. The number of aromatic nitrogens is 2. The molecule has 2 atom stereocenters. The molecule has 1 aliphatic heterocycles. The second-order valence-corrected chi connectivity index (χ2v) is 6.75. The van der Waals surface area contributed by atoms with Crippen LogP contribution in [0.5, 0.6) is 0 Å². The molecular formula is C15H12F3N5O2S. The lowest BCUT2D eigenvalue weighted by molar-refractivity contribution is -0.141. The molecule has 0 bridgehead atoms. The third kappa shape index (κ3) is 2.94. The topological polar surface area (TPSA) is 112 Å². The van der Waals surface area contributed by atoms with E-state index in [1.165, 1.54) is 25.1 Å². The zero-order chi connectivity index (χ0) is 19.2. The van der Waals surface area contributed by atoms with Crippen molar-refractivity contribution in [2.45, 2.75) is 23.9 Å². The van der Waals surface area contributed by atoms with Crippen molar-refractivity contribution in [3.05, 3.63) is 46.8 Å². The fourth-order valence-electron chi connectivity index (χ4n) is 2.60. The zero-order valence-corrected chi connectivity index (χ0v) is 14.0. The SMILES string of the molecule is Cc1cc(C(F)(F)F)nn1C(=N)C(C=N)c1ccc2c(c1)C(=O)NS2=O. The van der Waals surface area contributed by atoms with E-state index in [0.29, 0.717) is 5.56 Å². The van der Waals surface area contributed by atoms with Crippen molar-refractivity contribution < 1.29 is 22.2 Å². The molecule has 0 radical (unpaired) electrons. The van der Waals surface area contributed by atoms with Crippen LogP contribution in [0.25, 0.3) is 0 Å². The summed E-state index contributed by atoms with van der Waals surface area (Å²) in [6, 6.07) is 5.10. The summed E-state index contributed by atoms with van der Waals surface area (Å²) in [6.45, 7) is 1.37. The van der Waals surface area contributed by atoms with Gasteiger partial charge >= 0.3 is 6.18 Å². The molecule has 1 amide bonds. The first-order chi connectivity index (χ1) is 12.1. The molecule has 136 valence electrons. The van der Waals surface area contributed by atoms with Crippen molar-refractivity contribution in [3.63, 3.8) is 0 Å². The van der Waals surface area contributed by atoms with E-state index in [9.17, 15) is 22.2 Å². The average Bonchev–Trinajstić information content (AvgIpc) is 3.09. The van der Waals surface area contributed by atoms with Crippen LogP contribution in [0.2, 0.25) is 0 Å². The van der Waals surface area contributed by atoms with Gasteiger partial charge in [-0.2, -0.15) is 18.3 Å². The highest BCUT2D eigenvalue weighted by Crippen LogP contribution is 2.30. The highest BCUT2D eigenvalue weighted by atomic mass is 32.2. The minimum absolute atomic E-state index is 0.0918. The van der Waals surface area contributed by atoms with E-state index < -0.39 is 34.7 Å². The van der Waals surface area contributed by atoms with Crippen LogP contribution in [0.15, 0.2) is 29.2 Å². The average molecular weight is 383 g/mol. The van der Waals surface area contributed by atoms with Crippen LogP contribution in [-0.2, 0) is 17.2 Å². The van der Waals surface area contributed by atoms with Crippen LogP contribution in [0, 0.1) is 17.7 Å². The van der Waals surface area contributed by atoms with Crippen molar-refractivity contribution in [1.82, 2.24) is 14.5 Å². The van der Waals surface area contributed by atoms with Gasteiger partial charge in [0.15, 0.2) is 16.7 Å². The maximum absolute atomic E-state index is 12.8. The molecule has 2 unspecified atom stereocenters. The fraction of sp³-hybridized carbons (Fsp3) is 0.200. The third-order valence-electron chi connectivity index (χ3n) is 3.86. The van der Waals surface area contributed by atoms with Gasteiger partial charge in [-0.3, -0.25) is 14.9 Å². The summed E-state index contributed by atoms with van der Waals surface area (Å²) >= 11 is 0. The van der Waals surface area contributed by atoms with Crippen LogP contribution >= 0.6 is 0 Å². The lowest BCUT2D eigenvalue weighted by Gasteiger charge is -2.15. The Hall–Kier alpha value is -2.82. The number of carbonyl (C=O) groups is 1. The quantitative estimate of drug-likeness (QED) is 0.558. The number of aryl methyl sites for hydroxylation is 1. The molecule has 7 nitrogen and oxygen atoms in total. The minimum Gasteiger partial charge on any atom is -0.312 e. The Bertz CT molecular complexity index is 967. The summed E-state index contributed by atoms with van der Waals surface area (Å²) in [5.74, 6) is -1.95. The molecule has 1 aromatic carbocycles. The van der Waals surface area contributed by atoms with E-state index in [0.717, 1.165) is 17.0 Å². The molecule has 0 spiro atoms. The summed E-state index contributed by atoms with van der Waals surface area (Å²) in [5, 5.41) is 19.2. The number of amides is 1. The third-order valence-corrected chi connectivity index (χ3v) is 4.99. The second-order valence-electron chi connectivity index (χ2n) is 5.57. The maximum atomic E-state index is 12.8. The molecule has 0 saturated carbocycles. The number of halogens is 3. The Kier molecular flexibility index (Phi) is 4.26. The Balaban J connectivity index is 2.00. The fourth-order valence-corrected chi connectivity index (χ4v) is 3.53. The Morgan fingerprint density at radius 1 is 1.38 bits per heavy atom. The lowest BCUT2D eigenvalue weighted by atomic mass is 9.97. The zero-order valence-electron chi connectivity index (χ0n) is 13.2. The van der Waals surface area contributed by atoms with Crippen LogP contribution in [0.1, 0.15) is 33.2 Å². The number of alkyl halides is 3. The normalized spacial score (nSPS) is 17.5. The number of nitrogens with one attached hydrogen (secondary N) is 3. The Labute approximate surface area is 147 Å². The van der Waals surface area contributed by atoms with Gasteiger partial charge in [0.2, 0.25) is 0 Å². The molecule has 3 rings (SSSR count). The Morgan fingerprint density at radius 2 is 2.08 bits per heavy atom. The van der Waals surface area contributed by atoms with E-state index >= 15 is 0 Å². The largest absolute Gasteiger partial charge is 0.435 e. The molecule has 3 N–H and O–H groups in total. The van der Waals surface area contributed by atoms with Crippen molar-refractivity contribution in [2.75, 3.05) is 0 Å². The second kappa shape index (κ2) is 6.16. The number of fused-ring (bicyclic) bond motifs is 1. The standard InChI is InChI=1S/C15H12F3N5O2S/c1-7-4-12(15(16,17)18)21-23(7)13(20)10(6-19)8-2-3-11-9(5-8)14(24)22-26(11)25/h2-6,10,19-20H,1H3,(H,22,24). The molecule has 2 aromatic rings. The van der Waals surface area contributed by atoms with E-state index in [2.05, 4.69) is 9.82 Å². The molecule has 11 heteroatoms. The van der Waals surface area contributed by atoms with E-state index in [-0.39, 0.29) is 22.0 Å². The predicted octanol–water partition coefficient (Wildman–Crippen LogP) is 2.24. The van der Waals surface area contributed by atoms with Crippen molar-refractivity contribution in [3.8, 4) is 0 Å². The van der Waals surface area contributed by atoms with Gasteiger partial charge < -0.3 is 5.41 Å². The first-order valence-electron chi connectivity index (χ1n) is 7.23. The number of benzene rings is 1. The van der Waals surface area contributed by atoms with Gasteiger partial charge in [-0.05, 0) is 30.7 Å². The smallest absolute Gasteiger partial charge is 0.312 e. The molecule has 1 aliphatic rings. The van der Waals surface area contributed by atoms with Gasteiger partial charge in [0.1, 0.15) is 5.84 Å². The molecule has 0 fully saturated rings. The van der Waals surface area contributed by atoms with Crippen LogP contribution in [0.4, 0.5) is 13.2 Å². The summed E-state index contributed by atoms with van der Waals surface area (Å²) in [5.41, 5.74) is -0.559. The number of hydrogen-bond donors (Lipinski definition) is 3. The first kappa shape index (κ1) is 18.0. The van der Waals surface area contributed by atoms with Gasteiger partial charge in [-0.25, -0.2) is 8.89 Å². The predicted molar refractivity (Wildman–Crippen MR) is 86.9 cm³/mol. The van der Waals surface area contributed by atoms with Crippen LogP contribution in [-0.4, -0.2) is 31.9 Å². The van der Waals surface area contributed by atoms with E-state index in [4.69, 9.17) is 10.8 Å². The van der Waals surface area contributed by atoms with E-state index in [1.54, 1.807) is 0 Å². The summed E-state index contributed by atoms with van der Waals surface area (Å²) in [4.78, 5) is 12.1. The van der Waals surface area contributed by atoms with Crippen molar-refractivity contribution in [2.24, 2.45) is 0 Å². The molecule has 26 heavy (non-hydrogen) atoms. The van der Waals surface area contributed by atoms with Crippen LogP contribution in [0.3, 0.4) is 0 Å². The first-order valence-corrected chi connectivity index (χ1v) is 8.38. The number of rotatable bonds is 3. The van der Waals surface area contributed by atoms with Gasteiger partial charge in [0.05, 0.1) is 16.4 Å². The number of hydrogen-bond acceptors (Lipinski definition) is 5. The molecule has 1 aromatic heterocycles. The van der Waals surface area contributed by atoms with Gasteiger partial charge in [-0.1, -0.05) is 6.07 Å². The van der Waals surface area contributed by atoms with E-state index in [1.807, 2.05) is 0 Å². The maximum Gasteiger partial charge on any atom is 0.435 e. The monoisotopic (exact) mass is 383 g/mol. The summed E-state index contributed by atoms with van der Waals surface area (Å²) in [6.07, 6.45) is -3.77. The van der Waals surface area contributed by atoms with Crippen molar-refractivity contribution >= 4 is 28.9 Å². The van der Waals surface area contributed by atoms with Gasteiger partial charge in [0.25, 0.3) is 5.91 Å². The number of carbonyl (C=O) groups excluding carboxylic acids is 1. The molecule has 2 heterocycles. The van der Waals surface area contributed by atoms with Gasteiger partial charge in [-0.15, -0.1) is 0 Å². The van der Waals surface area contributed by atoms with Crippen LogP contribution < -0.4 is 4.72 Å². The highest BCUT2D eigenvalue weighted by Gasteiger charge is 2.35. The van der Waals surface area contributed by atoms with Gasteiger partial charge in [0, 0.05) is 11.9 Å². The lowest BCUT2D eigenvalue weighted by Crippen LogP contribution is -2.24. The summed E-state index contributed by atoms with van der Waals surface area (Å²) in [7, 11) is -1.66. The van der Waals surface area contributed by atoms with Crippen molar-refractivity contribution in [1.29, 1.82) is 10.8 Å². The summed E-state index contributed by atoms with van der Waals surface area (Å²) < 4.78 is 53.2.